The molecular weight excluding hydrogens is 366 g/mol. The smallest absolute Gasteiger partial charge is 0.229 e. The Balaban J connectivity index is 1.25. The Hall–Kier alpha value is -3.35. The second-order valence-electron chi connectivity index (χ2n) is 7.65. The van der Waals surface area contributed by atoms with E-state index in [-0.39, 0.29) is 24.2 Å². The molecule has 2 fully saturated rings. The lowest BCUT2D eigenvalue weighted by Crippen LogP contribution is -2.50. The first-order valence-corrected chi connectivity index (χ1v) is 10.0. The highest BCUT2D eigenvalue weighted by atomic mass is 16.2. The minimum absolute atomic E-state index is 0.0384. The van der Waals surface area contributed by atoms with Crippen molar-refractivity contribution in [3.8, 4) is 0 Å². The van der Waals surface area contributed by atoms with E-state index in [0.717, 1.165) is 24.0 Å². The van der Waals surface area contributed by atoms with Crippen LogP contribution in [-0.4, -0.2) is 59.6 Å². The minimum Gasteiger partial charge on any atom is -0.368 e. The van der Waals surface area contributed by atoms with Crippen LogP contribution in [0.2, 0.25) is 0 Å². The number of para-hydroxylation sites is 2. The Kier molecular flexibility index (Phi) is 4.42. The third-order valence-corrected chi connectivity index (χ3v) is 5.89. The second kappa shape index (κ2) is 7.24. The summed E-state index contributed by atoms with van der Waals surface area (Å²) in [5.41, 5.74) is 2.08. The van der Waals surface area contributed by atoms with Crippen molar-refractivity contribution in [1.82, 2.24) is 15.1 Å². The quantitative estimate of drug-likeness (QED) is 0.746. The van der Waals surface area contributed by atoms with Crippen molar-refractivity contribution in [2.24, 2.45) is 5.92 Å². The number of fused-ring (bicyclic) bond motifs is 1. The van der Waals surface area contributed by atoms with Gasteiger partial charge < -0.3 is 9.80 Å². The summed E-state index contributed by atoms with van der Waals surface area (Å²) in [5.74, 6) is 0.355. The van der Waals surface area contributed by atoms with E-state index >= 15 is 0 Å². The Morgan fingerprint density at radius 1 is 0.966 bits per heavy atom. The number of nitrogens with one attached hydrogen (secondary N) is 1. The predicted molar refractivity (Wildman–Crippen MR) is 112 cm³/mol. The van der Waals surface area contributed by atoms with Gasteiger partial charge in [0.1, 0.15) is 0 Å². The average Bonchev–Trinajstić information content (AvgIpc) is 3.37. The monoisotopic (exact) mass is 389 g/mol. The number of carbonyl (C=O) groups excluding carboxylic acids is 2. The van der Waals surface area contributed by atoms with E-state index in [4.69, 9.17) is 0 Å². The van der Waals surface area contributed by atoms with Gasteiger partial charge >= 0.3 is 0 Å². The van der Waals surface area contributed by atoms with Gasteiger partial charge in [-0.3, -0.25) is 19.6 Å². The number of amides is 2. The Labute approximate surface area is 168 Å². The molecule has 0 radical (unpaired) electrons. The summed E-state index contributed by atoms with van der Waals surface area (Å²) in [6.07, 6.45) is 0.249. The first-order valence-electron chi connectivity index (χ1n) is 10.0. The lowest BCUT2D eigenvalue weighted by molar-refractivity contribution is -0.136. The summed E-state index contributed by atoms with van der Waals surface area (Å²) >= 11 is 0. The minimum atomic E-state index is -0.304. The van der Waals surface area contributed by atoms with Gasteiger partial charge in [-0.05, 0) is 24.3 Å². The fourth-order valence-corrected chi connectivity index (χ4v) is 4.31. The van der Waals surface area contributed by atoms with Crippen molar-refractivity contribution in [3.05, 3.63) is 54.6 Å². The van der Waals surface area contributed by atoms with Crippen LogP contribution in [0.4, 0.5) is 11.5 Å². The van der Waals surface area contributed by atoms with Crippen molar-refractivity contribution in [2.45, 2.75) is 6.42 Å². The summed E-state index contributed by atoms with van der Waals surface area (Å²) in [4.78, 5) is 31.6. The zero-order valence-corrected chi connectivity index (χ0v) is 16.1. The number of hydrogen-bond acceptors (Lipinski definition) is 4. The first-order chi connectivity index (χ1) is 14.2. The van der Waals surface area contributed by atoms with Crippen LogP contribution in [0.25, 0.3) is 10.9 Å². The summed E-state index contributed by atoms with van der Waals surface area (Å²) in [5, 5.41) is 8.20. The summed E-state index contributed by atoms with van der Waals surface area (Å²) in [7, 11) is 0. The van der Waals surface area contributed by atoms with Gasteiger partial charge in [0, 0.05) is 50.2 Å². The highest BCUT2D eigenvalue weighted by Crippen LogP contribution is 2.30. The zero-order chi connectivity index (χ0) is 19.8. The van der Waals surface area contributed by atoms with Crippen molar-refractivity contribution in [1.29, 1.82) is 0 Å². The lowest BCUT2D eigenvalue weighted by atomic mass is 10.1. The van der Waals surface area contributed by atoms with E-state index in [1.54, 1.807) is 4.90 Å². The molecule has 2 aliphatic rings. The molecule has 2 amide bonds. The van der Waals surface area contributed by atoms with E-state index in [1.807, 2.05) is 47.4 Å². The van der Waals surface area contributed by atoms with Gasteiger partial charge in [-0.2, -0.15) is 5.10 Å². The molecule has 0 saturated carbocycles. The van der Waals surface area contributed by atoms with E-state index in [9.17, 15) is 9.59 Å². The van der Waals surface area contributed by atoms with E-state index in [0.29, 0.717) is 25.5 Å². The topological polar surface area (TPSA) is 72.5 Å². The molecule has 0 spiro atoms. The molecule has 148 valence electrons. The molecule has 3 heterocycles. The molecule has 2 aromatic carbocycles. The van der Waals surface area contributed by atoms with Crippen LogP contribution in [-0.2, 0) is 9.59 Å². The maximum Gasteiger partial charge on any atom is 0.229 e. The highest BCUT2D eigenvalue weighted by Gasteiger charge is 2.39. The van der Waals surface area contributed by atoms with Crippen LogP contribution >= 0.6 is 0 Å². The van der Waals surface area contributed by atoms with Crippen molar-refractivity contribution < 1.29 is 9.59 Å². The number of anilines is 2. The number of hydrogen-bond donors (Lipinski definition) is 1. The fraction of sp³-hybridized carbons (Fsp3) is 0.318. The van der Waals surface area contributed by atoms with Gasteiger partial charge in [0.2, 0.25) is 11.8 Å². The van der Waals surface area contributed by atoms with Gasteiger partial charge in [0.15, 0.2) is 5.82 Å². The van der Waals surface area contributed by atoms with E-state index in [1.165, 1.54) is 5.69 Å². The molecule has 29 heavy (non-hydrogen) atoms. The Morgan fingerprint density at radius 2 is 1.69 bits per heavy atom. The third kappa shape index (κ3) is 3.22. The molecule has 5 rings (SSSR count). The number of rotatable bonds is 3. The number of H-pyrrole nitrogens is 1. The van der Waals surface area contributed by atoms with Crippen LogP contribution in [0, 0.1) is 5.92 Å². The van der Waals surface area contributed by atoms with Gasteiger partial charge in [-0.15, -0.1) is 0 Å². The number of aromatic nitrogens is 2. The maximum atomic E-state index is 13.1. The standard InChI is InChI=1S/C22H23N5O2/c28-20-14-16(15-27(20)21-18-8-4-5-9-19(18)23-24-21)22(29)26-12-10-25(11-13-26)17-6-2-1-3-7-17/h1-9,16H,10-15H2,(H,23,24). The number of carbonyl (C=O) groups is 2. The molecule has 7 heteroatoms. The molecule has 2 aliphatic heterocycles. The molecule has 1 N–H and O–H groups in total. The van der Waals surface area contributed by atoms with Crippen LogP contribution in [0.1, 0.15) is 6.42 Å². The fourth-order valence-electron chi connectivity index (χ4n) is 4.31. The summed E-state index contributed by atoms with van der Waals surface area (Å²) < 4.78 is 0. The normalized spacial score (nSPS) is 19.9. The predicted octanol–water partition coefficient (Wildman–Crippen LogP) is 2.26. The maximum absolute atomic E-state index is 13.1. The van der Waals surface area contributed by atoms with Crippen LogP contribution < -0.4 is 9.80 Å². The van der Waals surface area contributed by atoms with Crippen molar-refractivity contribution in [2.75, 3.05) is 42.5 Å². The van der Waals surface area contributed by atoms with Gasteiger partial charge in [0.25, 0.3) is 0 Å². The number of benzene rings is 2. The van der Waals surface area contributed by atoms with Crippen LogP contribution in [0.5, 0.6) is 0 Å². The van der Waals surface area contributed by atoms with Crippen molar-refractivity contribution in [3.63, 3.8) is 0 Å². The number of nitrogens with zero attached hydrogens (tertiary/aromatic N) is 4. The third-order valence-electron chi connectivity index (χ3n) is 5.89. The molecule has 0 bridgehead atoms. The SMILES string of the molecule is O=C(C1CC(=O)N(c2n[nH]c3ccccc23)C1)N1CCN(c2ccccc2)CC1. The van der Waals surface area contributed by atoms with Gasteiger partial charge in [-0.1, -0.05) is 30.3 Å². The average molecular weight is 389 g/mol. The molecule has 1 atom stereocenters. The molecule has 1 unspecified atom stereocenters. The van der Waals surface area contributed by atoms with Crippen LogP contribution in [0.3, 0.4) is 0 Å². The van der Waals surface area contributed by atoms with Crippen molar-refractivity contribution >= 4 is 34.2 Å². The van der Waals surface area contributed by atoms with Gasteiger partial charge in [0.05, 0.1) is 11.4 Å². The highest BCUT2D eigenvalue weighted by molar-refractivity contribution is 6.05. The van der Waals surface area contributed by atoms with E-state index < -0.39 is 0 Å². The molecule has 1 aromatic heterocycles. The molecule has 0 aliphatic carbocycles. The molecule has 7 nitrogen and oxygen atoms in total. The number of aromatic amines is 1. The van der Waals surface area contributed by atoms with E-state index in [2.05, 4.69) is 27.2 Å². The van der Waals surface area contributed by atoms with Crippen LogP contribution in [0.15, 0.2) is 54.6 Å². The summed E-state index contributed by atoms with van der Waals surface area (Å²) in [6, 6.07) is 18.0. The summed E-state index contributed by atoms with van der Waals surface area (Å²) in [6.45, 7) is 3.38. The largest absolute Gasteiger partial charge is 0.368 e. The molecule has 3 aromatic rings. The lowest BCUT2D eigenvalue weighted by Gasteiger charge is -2.37. The Bertz CT molecular complexity index is 1040. The molecular formula is C22H23N5O2. The zero-order valence-electron chi connectivity index (χ0n) is 16.1. The second-order valence-corrected chi connectivity index (χ2v) is 7.65. The number of piperazine rings is 1. The Morgan fingerprint density at radius 3 is 2.48 bits per heavy atom. The van der Waals surface area contributed by atoms with Gasteiger partial charge in [-0.25, -0.2) is 0 Å². The molecule has 2 saturated heterocycles. The first kappa shape index (κ1) is 17.7.